The van der Waals surface area contributed by atoms with Crippen molar-refractivity contribution < 1.29 is 5.11 Å². The molecule has 0 aliphatic carbocycles. The van der Waals surface area contributed by atoms with Crippen LogP contribution in [0.1, 0.15) is 22.3 Å². The summed E-state index contributed by atoms with van der Waals surface area (Å²) in [5, 5.41) is 25.4. The average molecular weight is 534 g/mol. The van der Waals surface area contributed by atoms with Crippen LogP contribution < -0.4 is 0 Å². The van der Waals surface area contributed by atoms with Crippen molar-refractivity contribution in [3.63, 3.8) is 0 Å². The number of nitrogens with zero attached hydrogens (tertiary/aromatic N) is 5. The molecular formula is C35H27N5O. The molecule has 0 atom stereocenters. The van der Waals surface area contributed by atoms with Crippen LogP contribution in [0.25, 0.3) is 28.0 Å². The van der Waals surface area contributed by atoms with Gasteiger partial charge in [0.1, 0.15) is 0 Å². The summed E-state index contributed by atoms with van der Waals surface area (Å²) in [5.41, 5.74) is 5.92. The van der Waals surface area contributed by atoms with Crippen LogP contribution in [-0.2, 0) is 12.1 Å². The van der Waals surface area contributed by atoms with Crippen LogP contribution in [0.3, 0.4) is 0 Å². The van der Waals surface area contributed by atoms with Crippen molar-refractivity contribution in [2.24, 2.45) is 0 Å². The molecule has 7 aromatic rings. The number of fused-ring (bicyclic) bond motifs is 1. The van der Waals surface area contributed by atoms with Gasteiger partial charge in [0.25, 0.3) is 0 Å². The van der Waals surface area contributed by atoms with Gasteiger partial charge in [-0.1, -0.05) is 115 Å². The smallest absolute Gasteiger partial charge is 0.207 e. The second-order valence-electron chi connectivity index (χ2n) is 9.92. The van der Waals surface area contributed by atoms with Gasteiger partial charge in [-0.2, -0.15) is 0 Å². The second-order valence-corrected chi connectivity index (χ2v) is 9.92. The summed E-state index contributed by atoms with van der Waals surface area (Å²) in [6, 6.07) is 47.1. The molecular weight excluding hydrogens is 506 g/mol. The molecule has 7 rings (SSSR count). The molecule has 0 aliphatic rings. The second kappa shape index (κ2) is 10.3. The van der Waals surface area contributed by atoms with Gasteiger partial charge in [0.2, 0.25) is 5.82 Å². The number of benzene rings is 5. The van der Waals surface area contributed by atoms with Gasteiger partial charge in [-0.25, -0.2) is 0 Å². The highest BCUT2D eigenvalue weighted by molar-refractivity contribution is 5.86. The molecule has 2 aromatic heterocycles. The number of hydrogen-bond donors (Lipinski definition) is 1. The fourth-order valence-electron chi connectivity index (χ4n) is 5.80. The Morgan fingerprint density at radius 3 is 1.80 bits per heavy atom. The largest absolute Gasteiger partial charge is 0.392 e. The Bertz CT molecular complexity index is 1830. The van der Waals surface area contributed by atoms with Gasteiger partial charge in [-0.3, -0.25) is 0 Å². The van der Waals surface area contributed by atoms with Crippen LogP contribution in [0.15, 0.2) is 146 Å². The average Bonchev–Trinajstić information content (AvgIpc) is 3.71. The number of rotatable bonds is 7. The molecule has 0 spiro atoms. The maximum atomic E-state index is 9.87. The SMILES string of the molecule is OCc1cccc2c1ccn2-c1ccccc1-c1nnn(C(c2ccccc2)(c2ccccc2)c2ccccc2)n1. The highest BCUT2D eigenvalue weighted by Gasteiger charge is 2.41. The van der Waals surface area contributed by atoms with Crippen molar-refractivity contribution in [1.82, 2.24) is 24.8 Å². The summed E-state index contributed by atoms with van der Waals surface area (Å²) in [4.78, 5) is 1.75. The first-order valence-corrected chi connectivity index (χ1v) is 13.6. The molecule has 198 valence electrons. The van der Waals surface area contributed by atoms with Crippen molar-refractivity contribution in [3.05, 3.63) is 168 Å². The maximum absolute atomic E-state index is 9.87. The molecule has 5 aromatic carbocycles. The highest BCUT2D eigenvalue weighted by Crippen LogP contribution is 2.40. The van der Waals surface area contributed by atoms with Gasteiger partial charge >= 0.3 is 0 Å². The number of hydrogen-bond acceptors (Lipinski definition) is 4. The Kier molecular flexibility index (Phi) is 6.22. The summed E-state index contributed by atoms with van der Waals surface area (Å²) in [5.74, 6) is 0.521. The molecule has 0 saturated carbocycles. The number of aliphatic hydroxyl groups is 1. The molecule has 0 radical (unpaired) electrons. The minimum absolute atomic E-state index is 0.0145. The third-order valence-electron chi connectivity index (χ3n) is 7.69. The van der Waals surface area contributed by atoms with E-state index >= 15 is 0 Å². The lowest BCUT2D eigenvalue weighted by molar-refractivity contribution is 0.283. The number of aromatic nitrogens is 5. The molecule has 0 bridgehead atoms. The highest BCUT2D eigenvalue weighted by atomic mass is 16.3. The van der Waals surface area contributed by atoms with E-state index in [-0.39, 0.29) is 6.61 Å². The van der Waals surface area contributed by atoms with Crippen molar-refractivity contribution in [3.8, 4) is 17.1 Å². The lowest BCUT2D eigenvalue weighted by Gasteiger charge is -2.34. The topological polar surface area (TPSA) is 68.8 Å². The van der Waals surface area contributed by atoms with Gasteiger partial charge in [-0.05, 0) is 51.7 Å². The lowest BCUT2D eigenvalue weighted by atomic mass is 9.77. The van der Waals surface area contributed by atoms with Crippen molar-refractivity contribution in [1.29, 1.82) is 0 Å². The number of aliphatic hydroxyl groups excluding tert-OH is 1. The fraction of sp³-hybridized carbons (Fsp3) is 0.0571. The predicted octanol–water partition coefficient (Wildman–Crippen LogP) is 6.62. The Hall–Kier alpha value is -5.33. The van der Waals surface area contributed by atoms with Gasteiger partial charge < -0.3 is 9.67 Å². The monoisotopic (exact) mass is 533 g/mol. The summed E-state index contributed by atoms with van der Waals surface area (Å²) >= 11 is 0. The molecule has 6 heteroatoms. The van der Waals surface area contributed by atoms with E-state index in [1.165, 1.54) is 0 Å². The van der Waals surface area contributed by atoms with E-state index in [9.17, 15) is 5.11 Å². The molecule has 2 heterocycles. The molecule has 0 saturated heterocycles. The van der Waals surface area contributed by atoms with E-state index in [4.69, 9.17) is 10.3 Å². The number of para-hydroxylation sites is 1. The quantitative estimate of drug-likeness (QED) is 0.234. The third-order valence-corrected chi connectivity index (χ3v) is 7.69. The zero-order valence-electron chi connectivity index (χ0n) is 22.2. The first-order valence-electron chi connectivity index (χ1n) is 13.6. The van der Waals surface area contributed by atoms with Gasteiger partial charge in [0.15, 0.2) is 5.54 Å². The van der Waals surface area contributed by atoms with E-state index in [0.717, 1.165) is 44.4 Å². The first kappa shape index (κ1) is 24.7. The molecule has 1 N–H and O–H groups in total. The van der Waals surface area contributed by atoms with Crippen LogP contribution in [0.2, 0.25) is 0 Å². The lowest BCUT2D eigenvalue weighted by Crippen LogP contribution is -2.39. The van der Waals surface area contributed by atoms with Crippen LogP contribution in [-0.4, -0.2) is 29.9 Å². The fourth-order valence-corrected chi connectivity index (χ4v) is 5.80. The standard InChI is InChI=1S/C35H27N5O/c41-25-26-13-12-22-32-30(26)23-24-39(32)33-21-11-10-20-31(33)34-36-38-40(37-34)35(27-14-4-1-5-15-27,28-16-6-2-7-17-28)29-18-8-3-9-19-29/h1-24,41H,25H2. The van der Waals surface area contributed by atoms with E-state index in [1.807, 2.05) is 97.2 Å². The number of tetrazole rings is 1. The Balaban J connectivity index is 1.45. The minimum Gasteiger partial charge on any atom is -0.392 e. The summed E-state index contributed by atoms with van der Waals surface area (Å²) in [6.45, 7) is -0.0145. The van der Waals surface area contributed by atoms with Crippen LogP contribution in [0.4, 0.5) is 0 Å². The van der Waals surface area contributed by atoms with Crippen molar-refractivity contribution in [2.45, 2.75) is 12.1 Å². The Morgan fingerprint density at radius 1 is 0.610 bits per heavy atom. The molecule has 0 fully saturated rings. The first-order chi connectivity index (χ1) is 20.3. The van der Waals surface area contributed by atoms with Gasteiger partial charge in [0.05, 0.1) is 17.8 Å². The molecule has 41 heavy (non-hydrogen) atoms. The molecule has 0 unspecified atom stereocenters. The minimum atomic E-state index is -0.847. The zero-order chi connectivity index (χ0) is 27.6. The molecule has 6 nitrogen and oxygen atoms in total. The van der Waals surface area contributed by atoms with Gasteiger partial charge in [0, 0.05) is 17.1 Å². The van der Waals surface area contributed by atoms with E-state index in [2.05, 4.69) is 58.2 Å². The van der Waals surface area contributed by atoms with Crippen LogP contribution in [0.5, 0.6) is 0 Å². The Labute approximate surface area is 237 Å². The predicted molar refractivity (Wildman–Crippen MR) is 161 cm³/mol. The summed E-state index contributed by atoms with van der Waals surface area (Å²) in [7, 11) is 0. The van der Waals surface area contributed by atoms with E-state index < -0.39 is 5.54 Å². The summed E-state index contributed by atoms with van der Waals surface area (Å²) in [6.07, 6.45) is 2.02. The van der Waals surface area contributed by atoms with E-state index in [0.29, 0.717) is 5.82 Å². The molecule has 0 amide bonds. The van der Waals surface area contributed by atoms with Gasteiger partial charge in [-0.15, -0.1) is 15.0 Å². The summed E-state index contributed by atoms with van der Waals surface area (Å²) < 4.78 is 2.11. The Morgan fingerprint density at radius 2 is 1.20 bits per heavy atom. The zero-order valence-corrected chi connectivity index (χ0v) is 22.2. The van der Waals surface area contributed by atoms with E-state index in [1.54, 1.807) is 4.80 Å². The maximum Gasteiger partial charge on any atom is 0.207 e. The van der Waals surface area contributed by atoms with Crippen molar-refractivity contribution >= 4 is 10.9 Å². The normalized spacial score (nSPS) is 11.6. The molecule has 0 aliphatic heterocycles. The van der Waals surface area contributed by atoms with Crippen molar-refractivity contribution in [2.75, 3.05) is 0 Å². The van der Waals surface area contributed by atoms with Crippen LogP contribution >= 0.6 is 0 Å². The third kappa shape index (κ3) is 4.04. The van der Waals surface area contributed by atoms with Crippen LogP contribution in [0, 0.1) is 0 Å².